The van der Waals surface area contributed by atoms with Crippen LogP contribution in [0.3, 0.4) is 0 Å². The molecule has 0 heterocycles. The Morgan fingerprint density at radius 1 is 1.08 bits per heavy atom. The molecular weight excluding hydrogens is 303 g/mol. The fourth-order valence-corrected chi connectivity index (χ4v) is 2.51. The van der Waals surface area contributed by atoms with Gasteiger partial charge in [-0.2, -0.15) is 0 Å². The van der Waals surface area contributed by atoms with Crippen molar-refractivity contribution in [3.63, 3.8) is 0 Å². The van der Waals surface area contributed by atoms with E-state index in [9.17, 15) is 4.39 Å². The molecule has 1 aromatic carbocycles. The molecule has 0 aromatic heterocycles. The molecule has 0 aliphatic rings. The zero-order valence-electron chi connectivity index (χ0n) is 15.7. The molecule has 24 heavy (non-hydrogen) atoms. The average molecular weight is 336 g/mol. The predicted octanol–water partition coefficient (Wildman–Crippen LogP) is 3.31. The average Bonchev–Trinajstić information content (AvgIpc) is 2.55. The lowest BCUT2D eigenvalue weighted by molar-refractivity contribution is 0.389. The molecule has 1 rings (SSSR count). The molecule has 0 aliphatic carbocycles. The summed E-state index contributed by atoms with van der Waals surface area (Å²) in [5, 5.41) is 6.60. The molecule has 0 bridgehead atoms. The van der Waals surface area contributed by atoms with Crippen LogP contribution in [0.2, 0.25) is 0 Å². The zero-order chi connectivity index (χ0) is 17.8. The number of nitrogens with zero attached hydrogens (tertiary/aromatic N) is 2. The first-order valence-electron chi connectivity index (χ1n) is 8.87. The SMILES string of the molecule is CN=C(NCCCCCCCN(C)C)NCc1ccc(F)c(C)c1. The van der Waals surface area contributed by atoms with Crippen LogP contribution in [0.25, 0.3) is 0 Å². The number of aryl methyl sites for hydroxylation is 1. The molecule has 0 aliphatic heterocycles. The van der Waals surface area contributed by atoms with Crippen molar-refractivity contribution in [2.45, 2.75) is 45.6 Å². The zero-order valence-corrected chi connectivity index (χ0v) is 15.7. The first kappa shape index (κ1) is 20.4. The molecule has 0 fully saturated rings. The Morgan fingerprint density at radius 2 is 1.79 bits per heavy atom. The first-order chi connectivity index (χ1) is 11.5. The highest BCUT2D eigenvalue weighted by Gasteiger charge is 2.01. The van der Waals surface area contributed by atoms with Crippen molar-refractivity contribution in [3.8, 4) is 0 Å². The van der Waals surface area contributed by atoms with Crippen molar-refractivity contribution in [2.24, 2.45) is 4.99 Å². The second-order valence-corrected chi connectivity index (χ2v) is 6.51. The fraction of sp³-hybridized carbons (Fsp3) is 0.632. The minimum atomic E-state index is -0.160. The number of halogens is 1. The van der Waals surface area contributed by atoms with E-state index in [1.807, 2.05) is 6.07 Å². The summed E-state index contributed by atoms with van der Waals surface area (Å²) in [4.78, 5) is 6.46. The van der Waals surface area contributed by atoms with Gasteiger partial charge in [0.2, 0.25) is 0 Å². The third kappa shape index (κ3) is 8.87. The molecule has 4 nitrogen and oxygen atoms in total. The van der Waals surface area contributed by atoms with E-state index >= 15 is 0 Å². The number of benzene rings is 1. The molecule has 2 N–H and O–H groups in total. The maximum Gasteiger partial charge on any atom is 0.191 e. The van der Waals surface area contributed by atoms with E-state index in [2.05, 4.69) is 34.6 Å². The van der Waals surface area contributed by atoms with Gasteiger partial charge in [-0.1, -0.05) is 31.4 Å². The van der Waals surface area contributed by atoms with E-state index in [-0.39, 0.29) is 5.82 Å². The Hall–Kier alpha value is -1.62. The van der Waals surface area contributed by atoms with Gasteiger partial charge < -0.3 is 15.5 Å². The van der Waals surface area contributed by atoms with Gasteiger partial charge in [-0.3, -0.25) is 4.99 Å². The third-order valence-corrected chi connectivity index (χ3v) is 3.98. The molecular formula is C19H33FN4. The van der Waals surface area contributed by atoms with E-state index < -0.39 is 0 Å². The number of unbranched alkanes of at least 4 members (excludes halogenated alkanes) is 4. The van der Waals surface area contributed by atoms with E-state index in [0.717, 1.165) is 24.5 Å². The standard InChI is InChI=1S/C19H33FN4/c1-16-14-17(10-11-18(16)20)15-23-19(21-2)22-12-8-6-5-7-9-13-24(3)4/h10-11,14H,5-9,12-13,15H2,1-4H3,(H2,21,22,23). The number of hydrogen-bond acceptors (Lipinski definition) is 2. The minimum absolute atomic E-state index is 0.160. The van der Waals surface area contributed by atoms with E-state index in [1.54, 1.807) is 20.0 Å². The summed E-state index contributed by atoms with van der Waals surface area (Å²) >= 11 is 0. The van der Waals surface area contributed by atoms with Gasteiger partial charge in [0.1, 0.15) is 5.82 Å². The monoisotopic (exact) mass is 336 g/mol. The van der Waals surface area contributed by atoms with Crippen molar-refractivity contribution in [1.29, 1.82) is 0 Å². The van der Waals surface area contributed by atoms with Crippen molar-refractivity contribution in [1.82, 2.24) is 15.5 Å². The van der Waals surface area contributed by atoms with Crippen molar-refractivity contribution < 1.29 is 4.39 Å². The summed E-state index contributed by atoms with van der Waals surface area (Å²) in [6.45, 7) is 4.53. The third-order valence-electron chi connectivity index (χ3n) is 3.98. The highest BCUT2D eigenvalue weighted by atomic mass is 19.1. The van der Waals surface area contributed by atoms with Gasteiger partial charge in [-0.05, 0) is 57.6 Å². The summed E-state index contributed by atoms with van der Waals surface area (Å²) in [5.41, 5.74) is 1.73. The van der Waals surface area contributed by atoms with Gasteiger partial charge in [0.25, 0.3) is 0 Å². The highest BCUT2D eigenvalue weighted by Crippen LogP contribution is 2.08. The van der Waals surface area contributed by atoms with Crippen LogP contribution < -0.4 is 10.6 Å². The normalized spacial score (nSPS) is 11.8. The van der Waals surface area contributed by atoms with Gasteiger partial charge in [-0.25, -0.2) is 4.39 Å². The molecule has 1 aromatic rings. The number of aliphatic imine (C=N–C) groups is 1. The molecule has 0 spiro atoms. The van der Waals surface area contributed by atoms with Crippen LogP contribution in [-0.2, 0) is 6.54 Å². The van der Waals surface area contributed by atoms with Crippen molar-refractivity contribution in [3.05, 3.63) is 35.1 Å². The summed E-state index contributed by atoms with van der Waals surface area (Å²) in [5.74, 6) is 0.636. The smallest absolute Gasteiger partial charge is 0.191 e. The molecule has 136 valence electrons. The van der Waals surface area contributed by atoms with Gasteiger partial charge in [0, 0.05) is 20.1 Å². The lowest BCUT2D eigenvalue weighted by Gasteiger charge is -2.12. The topological polar surface area (TPSA) is 39.7 Å². The summed E-state index contributed by atoms with van der Waals surface area (Å²) in [6, 6.07) is 5.18. The summed E-state index contributed by atoms with van der Waals surface area (Å²) in [6.07, 6.45) is 6.26. The van der Waals surface area contributed by atoms with Crippen LogP contribution in [-0.4, -0.2) is 45.1 Å². The van der Waals surface area contributed by atoms with Gasteiger partial charge in [-0.15, -0.1) is 0 Å². The predicted molar refractivity (Wildman–Crippen MR) is 101 cm³/mol. The molecule has 0 saturated carbocycles. The molecule has 0 saturated heterocycles. The second kappa shape index (κ2) is 11.8. The summed E-state index contributed by atoms with van der Waals surface area (Å²) in [7, 11) is 6.01. The Bertz CT molecular complexity index is 500. The Morgan fingerprint density at radius 3 is 2.46 bits per heavy atom. The highest BCUT2D eigenvalue weighted by molar-refractivity contribution is 5.79. The Kier molecular flexibility index (Phi) is 10.1. The maximum atomic E-state index is 13.3. The van der Waals surface area contributed by atoms with Crippen LogP contribution in [0.15, 0.2) is 23.2 Å². The lowest BCUT2D eigenvalue weighted by atomic mass is 10.1. The van der Waals surface area contributed by atoms with Crippen LogP contribution in [0.4, 0.5) is 4.39 Å². The number of hydrogen-bond donors (Lipinski definition) is 2. The van der Waals surface area contributed by atoms with Gasteiger partial charge >= 0.3 is 0 Å². The van der Waals surface area contributed by atoms with Gasteiger partial charge in [0.05, 0.1) is 0 Å². The minimum Gasteiger partial charge on any atom is -0.356 e. The number of guanidine groups is 1. The molecule has 5 heteroatoms. The Labute approximate surface area is 146 Å². The quantitative estimate of drug-likeness (QED) is 0.391. The lowest BCUT2D eigenvalue weighted by Crippen LogP contribution is -2.37. The van der Waals surface area contributed by atoms with E-state index in [0.29, 0.717) is 12.1 Å². The fourth-order valence-electron chi connectivity index (χ4n) is 2.51. The number of nitrogens with one attached hydrogen (secondary N) is 2. The molecule has 0 atom stereocenters. The Balaban J connectivity index is 2.13. The molecule has 0 unspecified atom stereocenters. The van der Waals surface area contributed by atoms with Crippen LogP contribution in [0.1, 0.15) is 43.2 Å². The first-order valence-corrected chi connectivity index (χ1v) is 8.87. The largest absolute Gasteiger partial charge is 0.356 e. The number of rotatable bonds is 10. The maximum absolute atomic E-state index is 13.3. The van der Waals surface area contributed by atoms with Crippen molar-refractivity contribution in [2.75, 3.05) is 34.2 Å². The van der Waals surface area contributed by atoms with Crippen LogP contribution in [0.5, 0.6) is 0 Å². The van der Waals surface area contributed by atoms with Crippen LogP contribution >= 0.6 is 0 Å². The van der Waals surface area contributed by atoms with Crippen molar-refractivity contribution >= 4 is 5.96 Å². The molecule has 0 radical (unpaired) electrons. The van der Waals surface area contributed by atoms with E-state index in [1.165, 1.54) is 38.3 Å². The van der Waals surface area contributed by atoms with Crippen LogP contribution in [0, 0.1) is 12.7 Å². The molecule has 0 amide bonds. The van der Waals surface area contributed by atoms with E-state index in [4.69, 9.17) is 0 Å². The van der Waals surface area contributed by atoms with Gasteiger partial charge in [0.15, 0.2) is 5.96 Å². The summed E-state index contributed by atoms with van der Waals surface area (Å²) < 4.78 is 13.3. The second-order valence-electron chi connectivity index (χ2n) is 6.51.